The van der Waals surface area contributed by atoms with Crippen LogP contribution in [0.4, 0.5) is 0 Å². The minimum atomic E-state index is -0.102. The Bertz CT molecular complexity index is 975. The van der Waals surface area contributed by atoms with Gasteiger partial charge in [0.05, 0.1) is 20.8 Å². The Morgan fingerprint density at radius 2 is 1.89 bits per heavy atom. The van der Waals surface area contributed by atoms with E-state index in [9.17, 15) is 4.79 Å². The average Bonchev–Trinajstić information content (AvgIpc) is 3.45. The van der Waals surface area contributed by atoms with E-state index in [0.29, 0.717) is 45.6 Å². The molecule has 0 aliphatic heterocycles. The molecule has 0 spiro atoms. The van der Waals surface area contributed by atoms with Gasteiger partial charge >= 0.3 is 0 Å². The Labute approximate surface area is 161 Å². The zero-order valence-electron chi connectivity index (χ0n) is 15.1. The van der Waals surface area contributed by atoms with Crippen molar-refractivity contribution in [3.63, 3.8) is 0 Å². The molecule has 7 heteroatoms. The fraction of sp³-hybridized carbons (Fsp3) is 0.300. The maximum atomic E-state index is 13.2. The first kappa shape index (κ1) is 17.7. The van der Waals surface area contributed by atoms with E-state index in [0.717, 1.165) is 12.8 Å². The van der Waals surface area contributed by atoms with Crippen LogP contribution in [-0.4, -0.2) is 36.1 Å². The second-order valence-corrected chi connectivity index (χ2v) is 6.92. The lowest BCUT2D eigenvalue weighted by molar-refractivity contribution is 0.0714. The van der Waals surface area contributed by atoms with Crippen molar-refractivity contribution < 1.29 is 18.7 Å². The first-order valence-electron chi connectivity index (χ1n) is 8.66. The second kappa shape index (κ2) is 7.12. The molecule has 1 fully saturated rings. The van der Waals surface area contributed by atoms with Crippen LogP contribution >= 0.6 is 11.6 Å². The molecule has 140 valence electrons. The van der Waals surface area contributed by atoms with Gasteiger partial charge in [-0.1, -0.05) is 11.6 Å². The Morgan fingerprint density at radius 3 is 2.52 bits per heavy atom. The molecule has 6 nitrogen and oxygen atoms in total. The predicted octanol–water partition coefficient (Wildman–Crippen LogP) is 4.30. The van der Waals surface area contributed by atoms with Crippen molar-refractivity contribution in [1.82, 2.24) is 9.88 Å². The molecule has 2 aromatic carbocycles. The molecule has 1 aliphatic rings. The number of oxazole rings is 1. The van der Waals surface area contributed by atoms with Gasteiger partial charge in [-0.25, -0.2) is 4.98 Å². The Balaban J connectivity index is 1.63. The van der Waals surface area contributed by atoms with Gasteiger partial charge in [-0.3, -0.25) is 4.79 Å². The van der Waals surface area contributed by atoms with Crippen molar-refractivity contribution in [3.05, 3.63) is 52.9 Å². The SMILES string of the molecule is COc1cc(OC)cc(C(=O)N(Cc2nc3cc(Cl)ccc3o2)C2CC2)c1. The number of benzene rings is 2. The van der Waals surface area contributed by atoms with Crippen LogP contribution in [0.3, 0.4) is 0 Å². The minimum absolute atomic E-state index is 0.102. The average molecular weight is 387 g/mol. The van der Waals surface area contributed by atoms with Crippen LogP contribution in [0.2, 0.25) is 5.02 Å². The topological polar surface area (TPSA) is 64.8 Å². The van der Waals surface area contributed by atoms with Gasteiger partial charge in [-0.15, -0.1) is 0 Å². The van der Waals surface area contributed by atoms with Gasteiger partial charge in [0.1, 0.15) is 17.0 Å². The number of hydrogen-bond donors (Lipinski definition) is 0. The van der Waals surface area contributed by atoms with Crippen LogP contribution < -0.4 is 9.47 Å². The first-order chi connectivity index (χ1) is 13.1. The van der Waals surface area contributed by atoms with Crippen molar-refractivity contribution in [2.45, 2.75) is 25.4 Å². The predicted molar refractivity (Wildman–Crippen MR) is 101 cm³/mol. The molecule has 0 unspecified atom stereocenters. The van der Waals surface area contributed by atoms with Gasteiger partial charge in [-0.2, -0.15) is 0 Å². The van der Waals surface area contributed by atoms with Gasteiger partial charge in [0, 0.05) is 22.7 Å². The quantitative estimate of drug-likeness (QED) is 0.631. The third kappa shape index (κ3) is 3.71. The molecule has 1 aromatic heterocycles. The summed E-state index contributed by atoms with van der Waals surface area (Å²) in [6.07, 6.45) is 1.94. The van der Waals surface area contributed by atoms with Crippen LogP contribution in [0.15, 0.2) is 40.8 Å². The summed E-state index contributed by atoms with van der Waals surface area (Å²) in [5.41, 5.74) is 1.85. The summed E-state index contributed by atoms with van der Waals surface area (Å²) in [5, 5.41) is 0.598. The molecule has 1 aliphatic carbocycles. The van der Waals surface area contributed by atoms with E-state index >= 15 is 0 Å². The fourth-order valence-electron chi connectivity index (χ4n) is 3.01. The number of aromatic nitrogens is 1. The number of fused-ring (bicyclic) bond motifs is 1. The highest BCUT2D eigenvalue weighted by Gasteiger charge is 2.34. The fourth-order valence-corrected chi connectivity index (χ4v) is 3.18. The summed E-state index contributed by atoms with van der Waals surface area (Å²) >= 11 is 6.01. The van der Waals surface area contributed by atoms with Crippen molar-refractivity contribution in [3.8, 4) is 11.5 Å². The van der Waals surface area contributed by atoms with Crippen molar-refractivity contribution >= 4 is 28.6 Å². The molecule has 0 bridgehead atoms. The lowest BCUT2D eigenvalue weighted by Gasteiger charge is -2.21. The molecule has 1 heterocycles. The summed E-state index contributed by atoms with van der Waals surface area (Å²) in [6, 6.07) is 10.6. The lowest BCUT2D eigenvalue weighted by atomic mass is 10.1. The monoisotopic (exact) mass is 386 g/mol. The highest BCUT2D eigenvalue weighted by molar-refractivity contribution is 6.31. The number of rotatable bonds is 6. The highest BCUT2D eigenvalue weighted by Crippen LogP contribution is 2.32. The van der Waals surface area contributed by atoms with E-state index in [1.165, 1.54) is 0 Å². The largest absolute Gasteiger partial charge is 0.497 e. The summed E-state index contributed by atoms with van der Waals surface area (Å²) in [4.78, 5) is 19.4. The summed E-state index contributed by atoms with van der Waals surface area (Å²) < 4.78 is 16.4. The standard InChI is InChI=1S/C20H19ClN2O4/c1-25-15-7-12(8-16(10-15)26-2)20(24)23(14-4-5-14)11-19-22-17-9-13(21)3-6-18(17)27-19/h3,6-10,14H,4-5,11H2,1-2H3. The number of methoxy groups -OCH3 is 2. The zero-order chi connectivity index (χ0) is 19.0. The van der Waals surface area contributed by atoms with Crippen LogP contribution in [0.1, 0.15) is 29.1 Å². The normalized spacial score (nSPS) is 13.6. The summed E-state index contributed by atoms with van der Waals surface area (Å²) in [7, 11) is 3.12. The van der Waals surface area contributed by atoms with E-state index in [1.54, 1.807) is 55.5 Å². The van der Waals surface area contributed by atoms with Gasteiger partial charge in [-0.05, 0) is 43.2 Å². The van der Waals surface area contributed by atoms with Crippen molar-refractivity contribution in [2.24, 2.45) is 0 Å². The second-order valence-electron chi connectivity index (χ2n) is 6.49. The number of halogens is 1. The van der Waals surface area contributed by atoms with Crippen LogP contribution in [0.5, 0.6) is 11.5 Å². The summed E-state index contributed by atoms with van der Waals surface area (Å²) in [6.45, 7) is 0.301. The molecule has 0 radical (unpaired) electrons. The maximum absolute atomic E-state index is 13.2. The Hall–Kier alpha value is -2.73. The molecule has 0 atom stereocenters. The van der Waals surface area contributed by atoms with Gasteiger partial charge < -0.3 is 18.8 Å². The van der Waals surface area contributed by atoms with E-state index in [-0.39, 0.29) is 11.9 Å². The van der Waals surface area contributed by atoms with Crippen LogP contribution in [-0.2, 0) is 6.54 Å². The van der Waals surface area contributed by atoms with E-state index in [1.807, 2.05) is 0 Å². The number of carbonyl (C=O) groups is 1. The molecule has 0 N–H and O–H groups in total. The minimum Gasteiger partial charge on any atom is -0.497 e. The third-order valence-electron chi connectivity index (χ3n) is 4.55. The molecule has 1 amide bonds. The molecular formula is C20H19ClN2O4. The molecule has 1 saturated carbocycles. The highest BCUT2D eigenvalue weighted by atomic mass is 35.5. The van der Waals surface area contributed by atoms with E-state index < -0.39 is 0 Å². The lowest BCUT2D eigenvalue weighted by Crippen LogP contribution is -2.32. The van der Waals surface area contributed by atoms with Crippen LogP contribution in [0.25, 0.3) is 11.1 Å². The van der Waals surface area contributed by atoms with Crippen molar-refractivity contribution in [2.75, 3.05) is 14.2 Å². The smallest absolute Gasteiger partial charge is 0.254 e. The molecule has 4 rings (SSSR count). The van der Waals surface area contributed by atoms with Gasteiger partial charge in [0.15, 0.2) is 5.58 Å². The number of hydrogen-bond acceptors (Lipinski definition) is 5. The number of nitrogens with zero attached hydrogens (tertiary/aromatic N) is 2. The van der Waals surface area contributed by atoms with Crippen molar-refractivity contribution in [1.29, 1.82) is 0 Å². The number of ether oxygens (including phenoxy) is 2. The molecule has 27 heavy (non-hydrogen) atoms. The first-order valence-corrected chi connectivity index (χ1v) is 9.04. The zero-order valence-corrected chi connectivity index (χ0v) is 15.8. The third-order valence-corrected chi connectivity index (χ3v) is 4.78. The Kier molecular flexibility index (Phi) is 4.66. The van der Waals surface area contributed by atoms with Gasteiger partial charge in [0.25, 0.3) is 5.91 Å². The maximum Gasteiger partial charge on any atom is 0.254 e. The molecule has 0 saturated heterocycles. The van der Waals surface area contributed by atoms with E-state index in [4.69, 9.17) is 25.5 Å². The number of amides is 1. The number of carbonyl (C=O) groups excluding carboxylic acids is 1. The van der Waals surface area contributed by atoms with Crippen LogP contribution in [0, 0.1) is 0 Å². The molecule has 3 aromatic rings. The van der Waals surface area contributed by atoms with E-state index in [2.05, 4.69) is 4.98 Å². The van der Waals surface area contributed by atoms with Gasteiger partial charge in [0.2, 0.25) is 5.89 Å². The Morgan fingerprint density at radius 1 is 1.19 bits per heavy atom. The summed E-state index contributed by atoms with van der Waals surface area (Å²) in [5.74, 6) is 1.53. The molecular weight excluding hydrogens is 368 g/mol.